The molecular weight excluding hydrogens is 963 g/mol. The van der Waals surface area contributed by atoms with Crippen LogP contribution in [-0.2, 0) is 16.2 Å². The number of para-hydroxylation sites is 3. The van der Waals surface area contributed by atoms with Gasteiger partial charge >= 0.3 is 0 Å². The fraction of sp³-hybridized carbons (Fsp3) is 0.120. The van der Waals surface area contributed by atoms with Gasteiger partial charge in [0.2, 0.25) is 0 Å². The normalized spacial score (nSPS) is 15.0. The van der Waals surface area contributed by atoms with E-state index in [4.69, 9.17) is 13.3 Å². The van der Waals surface area contributed by atoms with Crippen LogP contribution in [0.1, 0.15) is 74.9 Å². The van der Waals surface area contributed by atoms with E-state index in [1.165, 1.54) is 83.3 Å². The van der Waals surface area contributed by atoms with Gasteiger partial charge in [0.1, 0.15) is 33.5 Å². The SMILES string of the molecule is CC1(C)c2cc(N(c3ccc4c(c3)C(C)(C)c3c5c(c6oc7ccccc7c6c3-4)-c3ccccc3C5(C)C)c3ccc4oc5ccccc5c4c3)ccc2-c2c1cc(-c1ccccc1-c1ccccc1)c1oc3ccccc3c21. The Bertz CT molecular complexity index is 5000. The molecule has 17 rings (SSSR count). The zero-order chi connectivity index (χ0) is 52.8. The second-order valence-electron chi connectivity index (χ2n) is 23.9. The molecule has 0 amide bonds. The predicted molar refractivity (Wildman–Crippen MR) is 327 cm³/mol. The quantitative estimate of drug-likeness (QED) is 0.172. The van der Waals surface area contributed by atoms with Gasteiger partial charge in [-0.15, -0.1) is 0 Å². The Morgan fingerprint density at radius 3 is 1.48 bits per heavy atom. The first kappa shape index (κ1) is 44.7. The van der Waals surface area contributed by atoms with E-state index in [-0.39, 0.29) is 16.2 Å². The monoisotopic (exact) mass is 1020 g/mol. The van der Waals surface area contributed by atoms with Gasteiger partial charge in [0, 0.05) is 76.8 Å². The number of rotatable bonds is 5. The van der Waals surface area contributed by atoms with Crippen molar-refractivity contribution < 1.29 is 13.3 Å². The highest BCUT2D eigenvalue weighted by Crippen LogP contribution is 2.64. The summed E-state index contributed by atoms with van der Waals surface area (Å²) in [7, 11) is 0. The topological polar surface area (TPSA) is 42.7 Å². The fourth-order valence-electron chi connectivity index (χ4n) is 15.0. The Hall–Kier alpha value is -9.38. The van der Waals surface area contributed by atoms with Gasteiger partial charge in [-0.05, 0) is 145 Å². The van der Waals surface area contributed by atoms with Crippen molar-refractivity contribution in [3.8, 4) is 55.6 Å². The lowest BCUT2D eigenvalue weighted by Crippen LogP contribution is -2.24. The van der Waals surface area contributed by atoms with Crippen LogP contribution in [-0.4, -0.2) is 0 Å². The number of anilines is 3. The minimum atomic E-state index is -0.384. The van der Waals surface area contributed by atoms with Gasteiger partial charge in [0.05, 0.1) is 0 Å². The average molecular weight is 1020 g/mol. The second-order valence-corrected chi connectivity index (χ2v) is 23.9. The third kappa shape index (κ3) is 5.83. The van der Waals surface area contributed by atoms with Gasteiger partial charge in [0.15, 0.2) is 0 Å². The van der Waals surface area contributed by atoms with Crippen LogP contribution in [0.5, 0.6) is 0 Å². The molecule has 0 saturated heterocycles. The summed E-state index contributed by atoms with van der Waals surface area (Å²) in [6.45, 7) is 14.5. The van der Waals surface area contributed by atoms with Gasteiger partial charge < -0.3 is 18.2 Å². The van der Waals surface area contributed by atoms with Crippen molar-refractivity contribution in [2.24, 2.45) is 0 Å². The minimum Gasteiger partial charge on any atom is -0.456 e. The zero-order valence-corrected chi connectivity index (χ0v) is 44.9. The molecule has 0 spiro atoms. The highest BCUT2D eigenvalue weighted by molar-refractivity contribution is 6.22. The van der Waals surface area contributed by atoms with Crippen molar-refractivity contribution in [1.29, 1.82) is 0 Å². The average Bonchev–Trinajstić information content (AvgIpc) is 4.05. The van der Waals surface area contributed by atoms with E-state index in [2.05, 4.69) is 253 Å². The first-order valence-corrected chi connectivity index (χ1v) is 27.7. The van der Waals surface area contributed by atoms with E-state index in [1.54, 1.807) is 0 Å². The first-order chi connectivity index (χ1) is 38.5. The molecule has 3 heterocycles. The van der Waals surface area contributed by atoms with E-state index < -0.39 is 0 Å². The van der Waals surface area contributed by atoms with Crippen LogP contribution in [0.15, 0.2) is 226 Å². The molecule has 4 nitrogen and oxygen atoms in total. The van der Waals surface area contributed by atoms with Crippen LogP contribution in [0.3, 0.4) is 0 Å². The lowest BCUT2D eigenvalue weighted by atomic mass is 9.72. The van der Waals surface area contributed by atoms with Crippen molar-refractivity contribution in [2.75, 3.05) is 4.90 Å². The van der Waals surface area contributed by atoms with Crippen molar-refractivity contribution in [2.45, 2.75) is 57.8 Å². The summed E-state index contributed by atoms with van der Waals surface area (Å²) in [4.78, 5) is 2.48. The van der Waals surface area contributed by atoms with Crippen LogP contribution in [0.2, 0.25) is 0 Å². The fourth-order valence-corrected chi connectivity index (χ4v) is 15.0. The molecule has 376 valence electrons. The molecule has 3 aromatic heterocycles. The summed E-state index contributed by atoms with van der Waals surface area (Å²) < 4.78 is 20.5. The van der Waals surface area contributed by atoms with Crippen molar-refractivity contribution >= 4 is 82.9 Å². The molecule has 0 bridgehead atoms. The van der Waals surface area contributed by atoms with Gasteiger partial charge in [-0.1, -0.05) is 187 Å². The minimum absolute atomic E-state index is 0.255. The lowest BCUT2D eigenvalue weighted by molar-refractivity contribution is 0.600. The van der Waals surface area contributed by atoms with Crippen molar-refractivity contribution in [1.82, 2.24) is 0 Å². The van der Waals surface area contributed by atoms with Crippen LogP contribution >= 0.6 is 0 Å². The summed E-state index contributed by atoms with van der Waals surface area (Å²) in [6, 6.07) is 77.7. The molecule has 0 N–H and O–H groups in total. The Balaban J connectivity index is 0.896. The largest absolute Gasteiger partial charge is 0.456 e. The van der Waals surface area contributed by atoms with E-state index in [0.717, 1.165) is 88.6 Å². The molecule has 3 aliphatic carbocycles. The van der Waals surface area contributed by atoms with E-state index in [0.29, 0.717) is 0 Å². The molecule has 0 saturated carbocycles. The molecule has 4 heteroatoms. The maximum atomic E-state index is 7.04. The van der Waals surface area contributed by atoms with Crippen molar-refractivity contribution in [3.05, 3.63) is 246 Å². The van der Waals surface area contributed by atoms with Crippen LogP contribution < -0.4 is 4.90 Å². The maximum absolute atomic E-state index is 7.04. The molecule has 0 unspecified atom stereocenters. The molecule has 79 heavy (non-hydrogen) atoms. The number of fused-ring (bicyclic) bond motifs is 22. The summed E-state index contributed by atoms with van der Waals surface area (Å²) >= 11 is 0. The zero-order valence-electron chi connectivity index (χ0n) is 44.9. The summed E-state index contributed by atoms with van der Waals surface area (Å²) in [5.41, 5.74) is 27.9. The smallest absolute Gasteiger partial charge is 0.144 e. The van der Waals surface area contributed by atoms with E-state index in [1.807, 2.05) is 6.07 Å². The number of hydrogen-bond donors (Lipinski definition) is 0. The van der Waals surface area contributed by atoms with Gasteiger partial charge in [0.25, 0.3) is 0 Å². The highest BCUT2D eigenvalue weighted by Gasteiger charge is 2.49. The third-order valence-corrected chi connectivity index (χ3v) is 18.6. The lowest BCUT2D eigenvalue weighted by Gasteiger charge is -2.32. The second kappa shape index (κ2) is 15.4. The molecule has 3 aliphatic rings. The predicted octanol–water partition coefficient (Wildman–Crippen LogP) is 21.1. The van der Waals surface area contributed by atoms with Gasteiger partial charge in [-0.2, -0.15) is 0 Å². The number of benzene rings is 11. The maximum Gasteiger partial charge on any atom is 0.144 e. The van der Waals surface area contributed by atoms with E-state index >= 15 is 0 Å². The van der Waals surface area contributed by atoms with E-state index in [9.17, 15) is 0 Å². The third-order valence-electron chi connectivity index (χ3n) is 18.6. The molecular formula is C75H53NO3. The molecule has 0 atom stereocenters. The van der Waals surface area contributed by atoms with Crippen LogP contribution in [0, 0.1) is 0 Å². The number of furan rings is 3. The van der Waals surface area contributed by atoms with Crippen molar-refractivity contribution in [3.63, 3.8) is 0 Å². The Kier molecular flexibility index (Phi) is 8.73. The van der Waals surface area contributed by atoms with Gasteiger partial charge in [-0.3, -0.25) is 0 Å². The highest BCUT2D eigenvalue weighted by atomic mass is 16.3. The molecule has 0 radical (unpaired) electrons. The molecule has 11 aromatic carbocycles. The Labute approximate surface area is 457 Å². The van der Waals surface area contributed by atoms with Crippen LogP contribution in [0.4, 0.5) is 17.1 Å². The summed E-state index contributed by atoms with van der Waals surface area (Å²) in [5, 5.41) is 6.84. The summed E-state index contributed by atoms with van der Waals surface area (Å²) in [5.74, 6) is 0. The Morgan fingerprint density at radius 2 is 0.772 bits per heavy atom. The summed E-state index contributed by atoms with van der Waals surface area (Å²) in [6.07, 6.45) is 0. The number of hydrogen-bond acceptors (Lipinski definition) is 4. The standard InChI is InChI=1S/C75H53NO3/c1-73(2)57-39-44(32-35-50(57)64-59(73)41-55(71-66(64)52-26-14-18-30-61(52)78-71)47-23-11-10-22-46(47)42-20-8-7-9-21-42)76(43-34-37-63-54(38-43)48-24-13-17-29-60(48)77-63)45-33-36-51-58(40-45)75(5,6)69-65(51)67-53-27-15-19-31-62(53)79-72(67)68-49-25-12-16-28-56(49)74(3,4)70(68)69/h7-41H,1-6H3. The number of nitrogens with zero attached hydrogens (tertiary/aromatic N) is 1. The van der Waals surface area contributed by atoms with Gasteiger partial charge in [-0.25, -0.2) is 0 Å². The molecule has 0 aliphatic heterocycles. The molecule has 14 aromatic rings. The first-order valence-electron chi connectivity index (χ1n) is 27.7. The Morgan fingerprint density at radius 1 is 0.291 bits per heavy atom. The van der Waals surface area contributed by atoms with Crippen LogP contribution in [0.25, 0.3) is 121 Å². The molecule has 0 fully saturated rings.